The molecule has 4 atom stereocenters. The predicted octanol–water partition coefficient (Wildman–Crippen LogP) is 0.760. The number of amides is 3. The van der Waals surface area contributed by atoms with Crippen LogP contribution in [0, 0.1) is 23.2 Å². The van der Waals surface area contributed by atoms with E-state index in [1.807, 2.05) is 24.3 Å². The molecule has 1 aromatic carbocycles. The molecule has 2 aliphatic heterocycles. The second-order valence-corrected chi connectivity index (χ2v) is 7.08. The zero-order valence-electron chi connectivity index (χ0n) is 14.8. The summed E-state index contributed by atoms with van der Waals surface area (Å²) in [6.07, 6.45) is 0.452. The Bertz CT molecular complexity index is 873. The number of imide groups is 1. The van der Waals surface area contributed by atoms with Crippen molar-refractivity contribution in [1.82, 2.24) is 10.6 Å². The summed E-state index contributed by atoms with van der Waals surface area (Å²) in [6.45, 7) is 0.726. The van der Waals surface area contributed by atoms with E-state index in [1.165, 1.54) is 0 Å². The molecular formula is C19H20N4O4. The smallest absolute Gasteiger partial charge is 0.321 e. The molecule has 8 nitrogen and oxygen atoms in total. The molecule has 27 heavy (non-hydrogen) atoms. The summed E-state index contributed by atoms with van der Waals surface area (Å²) in [5.41, 5.74) is 6.91. The maximum absolute atomic E-state index is 12.6. The van der Waals surface area contributed by atoms with Gasteiger partial charge in [-0.05, 0) is 24.1 Å². The molecule has 1 aliphatic carbocycles. The van der Waals surface area contributed by atoms with E-state index < -0.39 is 23.4 Å². The largest absolute Gasteiger partial charge is 0.497 e. The van der Waals surface area contributed by atoms with Crippen LogP contribution in [0.2, 0.25) is 0 Å². The molecule has 1 spiro atoms. The topological polar surface area (TPSA) is 126 Å². The fourth-order valence-corrected chi connectivity index (χ4v) is 4.72. The number of carbonyl (C=O) groups excluding carboxylic acids is 2. The van der Waals surface area contributed by atoms with E-state index in [-0.39, 0.29) is 17.5 Å². The van der Waals surface area contributed by atoms with Gasteiger partial charge in [0.15, 0.2) is 0 Å². The van der Waals surface area contributed by atoms with Gasteiger partial charge in [-0.15, -0.1) is 0 Å². The van der Waals surface area contributed by atoms with Gasteiger partial charge in [-0.1, -0.05) is 12.1 Å². The number of benzene rings is 1. The molecule has 3 amide bonds. The summed E-state index contributed by atoms with van der Waals surface area (Å²) in [4.78, 5) is 24.8. The molecule has 2 fully saturated rings. The highest BCUT2D eigenvalue weighted by Crippen LogP contribution is 2.52. The third-order valence-electron chi connectivity index (χ3n) is 5.91. The quantitative estimate of drug-likeness (QED) is 0.707. The van der Waals surface area contributed by atoms with Gasteiger partial charge in [-0.25, -0.2) is 4.79 Å². The fourth-order valence-electron chi connectivity index (χ4n) is 4.72. The number of hydrogen-bond acceptors (Lipinski definition) is 6. The first kappa shape index (κ1) is 17.4. The van der Waals surface area contributed by atoms with Gasteiger partial charge in [-0.2, -0.15) is 5.26 Å². The van der Waals surface area contributed by atoms with Gasteiger partial charge in [0.05, 0.1) is 30.9 Å². The standard InChI is InChI=1S/C19H20N4O4/c1-26-11-4-2-10(3-5-11)14-12(8-20)16(21)15-17(24)22-18(25)23-19(15)6-7-27-9-13(14)19/h2-5,13-15H,6-7,9,21H2,1H3,(H2,22,23,24,25)/t13-,14+,15-,19-/m1/s1. The first-order chi connectivity index (χ1) is 13.0. The average Bonchev–Trinajstić information content (AvgIpc) is 2.66. The zero-order valence-corrected chi connectivity index (χ0v) is 14.8. The van der Waals surface area contributed by atoms with Gasteiger partial charge in [0.25, 0.3) is 0 Å². The van der Waals surface area contributed by atoms with Crippen molar-refractivity contribution in [3.8, 4) is 11.8 Å². The number of nitriles is 1. The summed E-state index contributed by atoms with van der Waals surface area (Å²) in [5, 5.41) is 15.1. The Labute approximate surface area is 156 Å². The highest BCUT2D eigenvalue weighted by atomic mass is 16.5. The van der Waals surface area contributed by atoms with E-state index in [9.17, 15) is 14.9 Å². The molecule has 0 unspecified atom stereocenters. The number of ether oxygens (including phenoxy) is 2. The molecule has 0 aromatic heterocycles. The minimum atomic E-state index is -0.868. The van der Waals surface area contributed by atoms with Crippen LogP contribution >= 0.6 is 0 Å². The normalized spacial score (nSPS) is 32.5. The van der Waals surface area contributed by atoms with Crippen molar-refractivity contribution in [3.63, 3.8) is 0 Å². The highest BCUT2D eigenvalue weighted by molar-refractivity contribution is 6.01. The van der Waals surface area contributed by atoms with Crippen LogP contribution in [0.4, 0.5) is 4.79 Å². The Morgan fingerprint density at radius 2 is 2.07 bits per heavy atom. The average molecular weight is 368 g/mol. The van der Waals surface area contributed by atoms with Crippen molar-refractivity contribution < 1.29 is 19.1 Å². The van der Waals surface area contributed by atoms with Crippen molar-refractivity contribution in [2.24, 2.45) is 17.6 Å². The molecule has 0 bridgehead atoms. The van der Waals surface area contributed by atoms with Crippen molar-refractivity contribution >= 4 is 11.9 Å². The molecule has 8 heteroatoms. The molecule has 0 radical (unpaired) electrons. The number of nitrogens with zero attached hydrogens (tertiary/aromatic N) is 1. The van der Waals surface area contributed by atoms with Crippen LogP contribution in [0.5, 0.6) is 5.75 Å². The molecule has 2 saturated heterocycles. The number of carbonyl (C=O) groups is 2. The van der Waals surface area contributed by atoms with Gasteiger partial charge in [-0.3, -0.25) is 10.1 Å². The van der Waals surface area contributed by atoms with E-state index in [0.29, 0.717) is 31.0 Å². The lowest BCUT2D eigenvalue weighted by Crippen LogP contribution is -2.74. The molecule has 1 aromatic rings. The summed E-state index contributed by atoms with van der Waals surface area (Å²) in [5.74, 6) is -1.23. The van der Waals surface area contributed by atoms with Crippen LogP contribution in [0.15, 0.2) is 35.5 Å². The second-order valence-electron chi connectivity index (χ2n) is 7.08. The van der Waals surface area contributed by atoms with Gasteiger partial charge < -0.3 is 20.5 Å². The highest BCUT2D eigenvalue weighted by Gasteiger charge is 2.61. The number of nitrogens with two attached hydrogens (primary N) is 1. The molecule has 3 aliphatic rings. The maximum atomic E-state index is 12.6. The number of hydrogen-bond donors (Lipinski definition) is 3. The Kier molecular flexibility index (Phi) is 4.04. The Hall–Kier alpha value is -3.05. The van der Waals surface area contributed by atoms with E-state index in [0.717, 1.165) is 5.56 Å². The van der Waals surface area contributed by atoms with Crippen molar-refractivity contribution in [3.05, 3.63) is 41.1 Å². The molecule has 4 rings (SSSR count). The second kappa shape index (κ2) is 6.28. The summed E-state index contributed by atoms with van der Waals surface area (Å²) < 4.78 is 10.9. The predicted molar refractivity (Wildman–Crippen MR) is 94.4 cm³/mol. The van der Waals surface area contributed by atoms with Gasteiger partial charge in [0.1, 0.15) is 11.7 Å². The Morgan fingerprint density at radius 1 is 1.33 bits per heavy atom. The van der Waals surface area contributed by atoms with Crippen molar-refractivity contribution in [2.75, 3.05) is 20.3 Å². The van der Waals surface area contributed by atoms with Crippen LogP contribution in [0.1, 0.15) is 17.9 Å². The minimum absolute atomic E-state index is 0.217. The van der Waals surface area contributed by atoms with Crippen molar-refractivity contribution in [1.29, 1.82) is 5.26 Å². The van der Waals surface area contributed by atoms with E-state index in [2.05, 4.69) is 16.7 Å². The molecule has 4 N–H and O–H groups in total. The third-order valence-corrected chi connectivity index (χ3v) is 5.91. The minimum Gasteiger partial charge on any atom is -0.497 e. The molecule has 2 heterocycles. The van der Waals surface area contributed by atoms with E-state index in [4.69, 9.17) is 15.2 Å². The first-order valence-electron chi connectivity index (χ1n) is 8.76. The lowest BCUT2D eigenvalue weighted by molar-refractivity contribution is -0.132. The Balaban J connectivity index is 1.91. The molecule has 0 saturated carbocycles. The molecule has 140 valence electrons. The fraction of sp³-hybridized carbons (Fsp3) is 0.421. The van der Waals surface area contributed by atoms with Crippen LogP contribution in [0.25, 0.3) is 0 Å². The monoisotopic (exact) mass is 368 g/mol. The SMILES string of the molecule is COc1ccc([C@H]2C(C#N)=C(N)[C@@H]3C(=O)NC(=O)N[C@@]34CCOC[C@H]24)cc1. The van der Waals surface area contributed by atoms with E-state index in [1.54, 1.807) is 7.11 Å². The number of nitrogens with one attached hydrogen (secondary N) is 2. The summed E-state index contributed by atoms with van der Waals surface area (Å²) in [6, 6.07) is 9.05. The Morgan fingerprint density at radius 3 is 2.74 bits per heavy atom. The molecular weight excluding hydrogens is 348 g/mol. The van der Waals surface area contributed by atoms with Gasteiger partial charge >= 0.3 is 6.03 Å². The zero-order chi connectivity index (χ0) is 19.2. The van der Waals surface area contributed by atoms with Crippen LogP contribution in [-0.4, -0.2) is 37.8 Å². The number of urea groups is 1. The summed E-state index contributed by atoms with van der Waals surface area (Å²) in [7, 11) is 1.58. The number of allylic oxidation sites excluding steroid dienone is 1. The van der Waals surface area contributed by atoms with Crippen LogP contribution in [0.3, 0.4) is 0 Å². The van der Waals surface area contributed by atoms with Gasteiger partial charge in [0.2, 0.25) is 5.91 Å². The van der Waals surface area contributed by atoms with Crippen molar-refractivity contribution in [2.45, 2.75) is 17.9 Å². The third kappa shape index (κ3) is 2.46. The number of rotatable bonds is 2. The summed E-state index contributed by atoms with van der Waals surface area (Å²) >= 11 is 0. The lowest BCUT2D eigenvalue weighted by Gasteiger charge is -2.55. The lowest BCUT2D eigenvalue weighted by atomic mass is 9.57. The number of methoxy groups -OCH3 is 1. The maximum Gasteiger partial charge on any atom is 0.321 e. The first-order valence-corrected chi connectivity index (χ1v) is 8.76. The van der Waals surface area contributed by atoms with Crippen LogP contribution in [-0.2, 0) is 9.53 Å². The van der Waals surface area contributed by atoms with Gasteiger partial charge in [0, 0.05) is 24.1 Å². The van der Waals surface area contributed by atoms with Crippen LogP contribution < -0.4 is 21.1 Å². The van der Waals surface area contributed by atoms with E-state index >= 15 is 0 Å².